The van der Waals surface area contributed by atoms with Crippen LogP contribution in [0.25, 0.3) is 0 Å². The predicted octanol–water partition coefficient (Wildman–Crippen LogP) is 4.17. The van der Waals surface area contributed by atoms with Gasteiger partial charge in [0.1, 0.15) is 0 Å². The maximum atomic E-state index is 4.87. The minimum atomic E-state index is -2.07. The van der Waals surface area contributed by atoms with E-state index in [1.807, 2.05) is 24.5 Å². The zero-order valence-electron chi connectivity index (χ0n) is 15.2. The molecule has 0 N–H and O–H groups in total. The van der Waals surface area contributed by atoms with Crippen LogP contribution in [0.15, 0.2) is 48.8 Å². The second-order valence-corrected chi connectivity index (χ2v) is 27.2. The Morgan fingerprint density at radius 2 is 1.09 bits per heavy atom. The Balaban J connectivity index is 2.68. The van der Waals surface area contributed by atoms with E-state index in [1.54, 1.807) is 0 Å². The summed E-state index contributed by atoms with van der Waals surface area (Å²) in [5, 5.41) is 0. The summed E-state index contributed by atoms with van der Waals surface area (Å²) in [6, 6.07) is 12.9. The topological polar surface area (TPSA) is 25.8 Å². The number of nitrogens with zero attached hydrogens (tertiary/aromatic N) is 2. The summed E-state index contributed by atoms with van der Waals surface area (Å²) in [4.78, 5) is 9.73. The first-order valence-corrected chi connectivity index (χ1v) is 19.2. The van der Waals surface area contributed by atoms with Crippen molar-refractivity contribution in [3.63, 3.8) is 0 Å². The fourth-order valence-electron chi connectivity index (χ4n) is 2.52. The van der Waals surface area contributed by atoms with Gasteiger partial charge in [0.2, 0.25) is 0 Å². The van der Waals surface area contributed by atoms with E-state index in [4.69, 9.17) is 9.97 Å². The van der Waals surface area contributed by atoms with Crippen LogP contribution in [0.3, 0.4) is 0 Å². The SMILES string of the molecule is C[Si](C)(C)[CH2][Pd]([CH2][Si](C)(C)C)([c]1ccccn1)[c]1ccccn1. The van der Waals surface area contributed by atoms with Crippen LogP contribution in [0.1, 0.15) is 0 Å². The molecule has 0 fully saturated rings. The molecule has 0 saturated heterocycles. The van der Waals surface area contributed by atoms with Crippen molar-refractivity contribution in [2.45, 2.75) is 48.3 Å². The van der Waals surface area contributed by atoms with Crippen molar-refractivity contribution in [3.05, 3.63) is 48.8 Å². The Labute approximate surface area is 146 Å². The Bertz CT molecular complexity index is 561. The first kappa shape index (κ1) is 18.7. The molecule has 23 heavy (non-hydrogen) atoms. The monoisotopic (exact) mass is 436 g/mol. The van der Waals surface area contributed by atoms with Crippen LogP contribution in [-0.4, -0.2) is 26.1 Å². The molecule has 2 nitrogen and oxygen atoms in total. The van der Waals surface area contributed by atoms with Crippen molar-refractivity contribution in [2.24, 2.45) is 0 Å². The summed E-state index contributed by atoms with van der Waals surface area (Å²) in [6.07, 6.45) is 3.94. The molecule has 2 heterocycles. The fraction of sp³-hybridized carbons (Fsp3) is 0.444. The van der Waals surface area contributed by atoms with E-state index in [1.165, 1.54) is 17.4 Å². The third kappa shape index (κ3) is 5.19. The Morgan fingerprint density at radius 1 is 0.696 bits per heavy atom. The van der Waals surface area contributed by atoms with Gasteiger partial charge in [-0.2, -0.15) is 0 Å². The van der Waals surface area contributed by atoms with Gasteiger partial charge in [0, 0.05) is 0 Å². The molecule has 0 aliphatic heterocycles. The maximum absolute atomic E-state index is 4.87. The molecule has 0 atom stereocenters. The van der Waals surface area contributed by atoms with Crippen molar-refractivity contribution < 1.29 is 15.5 Å². The molecule has 0 saturated carbocycles. The van der Waals surface area contributed by atoms with Gasteiger partial charge >= 0.3 is 147 Å². The van der Waals surface area contributed by atoms with Crippen molar-refractivity contribution >= 4 is 24.5 Å². The van der Waals surface area contributed by atoms with Crippen molar-refractivity contribution in [2.75, 3.05) is 0 Å². The van der Waals surface area contributed by atoms with E-state index in [0.29, 0.717) is 0 Å². The van der Waals surface area contributed by atoms with Gasteiger partial charge in [-0.1, -0.05) is 0 Å². The molecule has 0 spiro atoms. The number of hydrogen-bond acceptors (Lipinski definition) is 2. The second-order valence-electron chi connectivity index (χ2n) is 8.27. The van der Waals surface area contributed by atoms with Crippen molar-refractivity contribution in [1.29, 1.82) is 0 Å². The van der Waals surface area contributed by atoms with Crippen LogP contribution < -0.4 is 8.33 Å². The third-order valence-corrected chi connectivity index (χ3v) is 24.5. The number of hydrogen-bond donors (Lipinski definition) is 0. The van der Waals surface area contributed by atoms with E-state index < -0.39 is 31.7 Å². The molecular formula is C18H30N2PdSi2. The molecule has 2 aromatic heterocycles. The molecule has 0 aliphatic carbocycles. The van der Waals surface area contributed by atoms with Gasteiger partial charge in [-0.25, -0.2) is 0 Å². The molecule has 2 rings (SSSR count). The zero-order valence-corrected chi connectivity index (χ0v) is 18.8. The van der Waals surface area contributed by atoms with Gasteiger partial charge in [0.05, 0.1) is 0 Å². The standard InChI is InChI=1S/2C5H4N.2C4H11Si.Pd/c2*1-2-4-6-5-3-1;2*1-5(2,3)4;/h2*1-4H;2*1H2,2-4H3;. The summed E-state index contributed by atoms with van der Waals surface area (Å²) in [5.41, 5.74) is 0. The minimum absolute atomic E-state index is 1.25. The summed E-state index contributed by atoms with van der Waals surface area (Å²) < 4.78 is 5.38. The van der Waals surface area contributed by atoms with Crippen LogP contribution >= 0.6 is 0 Å². The summed E-state index contributed by atoms with van der Waals surface area (Å²) in [7, 11) is -2.50. The van der Waals surface area contributed by atoms with Crippen LogP contribution in [0.2, 0.25) is 48.3 Å². The van der Waals surface area contributed by atoms with Gasteiger partial charge in [0.25, 0.3) is 0 Å². The van der Waals surface area contributed by atoms with Crippen LogP contribution in [0.5, 0.6) is 0 Å². The van der Waals surface area contributed by atoms with E-state index in [-0.39, 0.29) is 0 Å². The average Bonchev–Trinajstić information content (AvgIpc) is 2.45. The molecule has 0 aromatic carbocycles. The number of rotatable bonds is 6. The van der Waals surface area contributed by atoms with Gasteiger partial charge in [-0.05, 0) is 0 Å². The quantitative estimate of drug-likeness (QED) is 0.635. The Hall–Kier alpha value is -0.604. The van der Waals surface area contributed by atoms with E-state index in [2.05, 4.69) is 63.5 Å². The first-order valence-electron chi connectivity index (χ1n) is 8.01. The normalized spacial score (nSPS) is 13.8. The summed E-state index contributed by atoms with van der Waals surface area (Å²) in [5.74, 6) is 0. The predicted molar refractivity (Wildman–Crippen MR) is 104 cm³/mol. The molecule has 0 radical (unpaired) electrons. The third-order valence-electron chi connectivity index (χ3n) is 2.89. The van der Waals surface area contributed by atoms with E-state index >= 15 is 0 Å². The molecule has 5 heteroatoms. The van der Waals surface area contributed by atoms with Crippen molar-refractivity contribution in [1.82, 2.24) is 9.97 Å². The molecule has 0 amide bonds. The molecule has 0 unspecified atom stereocenters. The van der Waals surface area contributed by atoms with Gasteiger partial charge in [-0.3, -0.25) is 0 Å². The van der Waals surface area contributed by atoms with Crippen LogP contribution in [0.4, 0.5) is 0 Å². The van der Waals surface area contributed by atoms with E-state index in [9.17, 15) is 0 Å². The van der Waals surface area contributed by atoms with Gasteiger partial charge in [-0.15, -0.1) is 0 Å². The van der Waals surface area contributed by atoms with Crippen LogP contribution in [0, 0.1) is 0 Å². The molecule has 0 aliphatic rings. The molecule has 2 aromatic rings. The fourth-order valence-corrected chi connectivity index (χ4v) is 30.3. The second kappa shape index (κ2) is 7.10. The summed E-state index contributed by atoms with van der Waals surface area (Å²) >= 11 is -2.07. The Morgan fingerprint density at radius 3 is 1.35 bits per heavy atom. The molecule has 0 bridgehead atoms. The van der Waals surface area contributed by atoms with Gasteiger partial charge < -0.3 is 0 Å². The van der Waals surface area contributed by atoms with E-state index in [0.717, 1.165) is 0 Å². The number of pyridine rings is 2. The zero-order chi connectivity index (χ0) is 17.1. The Kier molecular flexibility index (Phi) is 5.79. The van der Waals surface area contributed by atoms with Crippen LogP contribution in [-0.2, 0) is 15.5 Å². The first-order chi connectivity index (χ1) is 10.6. The van der Waals surface area contributed by atoms with Gasteiger partial charge in [0.15, 0.2) is 0 Å². The molecular weight excluding hydrogens is 407 g/mol. The van der Waals surface area contributed by atoms with Crippen molar-refractivity contribution in [3.8, 4) is 0 Å². The molecule has 130 valence electrons. The summed E-state index contributed by atoms with van der Waals surface area (Å²) in [6.45, 7) is 15.0. The average molecular weight is 437 g/mol. The number of aromatic nitrogens is 2.